The van der Waals surface area contributed by atoms with Gasteiger partial charge in [-0.3, -0.25) is 4.79 Å². The van der Waals surface area contributed by atoms with Gasteiger partial charge in [-0.25, -0.2) is 0 Å². The van der Waals surface area contributed by atoms with Crippen LogP contribution in [-0.2, 0) is 11.2 Å². The molecule has 3 aromatic rings. The molecule has 0 radical (unpaired) electrons. The molecular weight excluding hydrogens is 332 g/mol. The van der Waals surface area contributed by atoms with Crippen LogP contribution in [-0.4, -0.2) is 28.9 Å². The Labute approximate surface area is 152 Å². The Morgan fingerprint density at radius 3 is 2.84 bits per heavy atom. The minimum atomic E-state index is 0.218. The van der Waals surface area contributed by atoms with Crippen molar-refractivity contribution in [3.63, 3.8) is 0 Å². The summed E-state index contributed by atoms with van der Waals surface area (Å²) in [4.78, 5) is 18.2. The standard InChI is InChI=1S/C21H21ClN2O/c22-18-8-9-19-17(12-18)13-20(23-19)16-7-4-10-24(14-16)21(25)11-15-5-2-1-3-6-15/h1-3,5-6,8-9,12-13,16,23H,4,7,10-11,14H2. The van der Waals surface area contributed by atoms with Crippen molar-refractivity contribution in [2.24, 2.45) is 0 Å². The lowest BCUT2D eigenvalue weighted by molar-refractivity contribution is -0.131. The Hall–Kier alpha value is -2.26. The van der Waals surface area contributed by atoms with Gasteiger partial charge in [-0.1, -0.05) is 41.9 Å². The van der Waals surface area contributed by atoms with E-state index in [9.17, 15) is 4.79 Å². The highest BCUT2D eigenvalue weighted by atomic mass is 35.5. The van der Waals surface area contributed by atoms with E-state index in [2.05, 4.69) is 11.1 Å². The van der Waals surface area contributed by atoms with Crippen molar-refractivity contribution in [2.45, 2.75) is 25.2 Å². The summed E-state index contributed by atoms with van der Waals surface area (Å²) in [6.45, 7) is 1.64. The number of piperidine rings is 1. The number of nitrogens with one attached hydrogen (secondary N) is 1. The molecule has 128 valence electrons. The van der Waals surface area contributed by atoms with E-state index in [0.717, 1.165) is 47.4 Å². The lowest BCUT2D eigenvalue weighted by Crippen LogP contribution is -2.40. The number of amides is 1. The van der Waals surface area contributed by atoms with E-state index in [-0.39, 0.29) is 5.91 Å². The Morgan fingerprint density at radius 2 is 2.00 bits per heavy atom. The number of nitrogens with zero attached hydrogens (tertiary/aromatic N) is 1. The minimum Gasteiger partial charge on any atom is -0.358 e. The molecule has 1 amide bonds. The zero-order valence-corrected chi connectivity index (χ0v) is 14.8. The van der Waals surface area contributed by atoms with Crippen LogP contribution in [0.4, 0.5) is 0 Å². The van der Waals surface area contributed by atoms with E-state index in [1.54, 1.807) is 0 Å². The number of carbonyl (C=O) groups excluding carboxylic acids is 1. The van der Waals surface area contributed by atoms with Gasteiger partial charge in [0.05, 0.1) is 6.42 Å². The SMILES string of the molecule is O=C(Cc1ccccc1)N1CCCC(c2cc3cc(Cl)ccc3[nH]2)C1. The summed E-state index contributed by atoms with van der Waals surface area (Å²) in [5.41, 5.74) is 3.39. The van der Waals surface area contributed by atoms with Gasteiger partial charge in [-0.2, -0.15) is 0 Å². The van der Waals surface area contributed by atoms with Crippen molar-refractivity contribution in [1.82, 2.24) is 9.88 Å². The summed E-state index contributed by atoms with van der Waals surface area (Å²) < 4.78 is 0. The van der Waals surface area contributed by atoms with Crippen LogP contribution in [0.2, 0.25) is 5.02 Å². The van der Waals surface area contributed by atoms with Crippen molar-refractivity contribution in [3.05, 3.63) is 70.9 Å². The maximum atomic E-state index is 12.7. The number of H-pyrrole nitrogens is 1. The Kier molecular flexibility index (Phi) is 4.50. The third kappa shape index (κ3) is 3.57. The van der Waals surface area contributed by atoms with Crippen LogP contribution in [0.25, 0.3) is 10.9 Å². The normalized spacial score (nSPS) is 17.8. The van der Waals surface area contributed by atoms with Gasteiger partial charge in [0.2, 0.25) is 5.91 Å². The van der Waals surface area contributed by atoms with E-state index in [0.29, 0.717) is 12.3 Å². The minimum absolute atomic E-state index is 0.218. The smallest absolute Gasteiger partial charge is 0.227 e. The molecule has 1 fully saturated rings. The third-order valence-electron chi connectivity index (χ3n) is 5.02. The number of likely N-dealkylation sites (tertiary alicyclic amines) is 1. The Morgan fingerprint density at radius 1 is 1.16 bits per heavy atom. The molecular formula is C21H21ClN2O. The summed E-state index contributed by atoms with van der Waals surface area (Å²) in [7, 11) is 0. The van der Waals surface area contributed by atoms with Crippen molar-refractivity contribution in [2.75, 3.05) is 13.1 Å². The molecule has 1 saturated heterocycles. The molecule has 1 aliphatic rings. The van der Waals surface area contributed by atoms with Crippen LogP contribution >= 0.6 is 11.6 Å². The van der Waals surface area contributed by atoms with E-state index < -0.39 is 0 Å². The van der Waals surface area contributed by atoms with Crippen LogP contribution in [0, 0.1) is 0 Å². The average molecular weight is 353 g/mol. The number of halogens is 1. The van der Waals surface area contributed by atoms with Gasteiger partial charge in [0, 0.05) is 40.6 Å². The molecule has 2 heterocycles. The van der Waals surface area contributed by atoms with Crippen LogP contribution in [0.3, 0.4) is 0 Å². The number of aromatic amines is 1. The predicted octanol–water partition coefficient (Wildman–Crippen LogP) is 4.77. The van der Waals surface area contributed by atoms with Crippen LogP contribution in [0.1, 0.15) is 30.0 Å². The molecule has 0 aliphatic carbocycles. The first kappa shape index (κ1) is 16.2. The van der Waals surface area contributed by atoms with Crippen LogP contribution in [0.15, 0.2) is 54.6 Å². The molecule has 1 atom stereocenters. The molecule has 1 aliphatic heterocycles. The van der Waals surface area contributed by atoms with Gasteiger partial charge in [0.25, 0.3) is 0 Å². The maximum Gasteiger partial charge on any atom is 0.227 e. The zero-order chi connectivity index (χ0) is 17.2. The van der Waals surface area contributed by atoms with Crippen LogP contribution in [0.5, 0.6) is 0 Å². The predicted molar refractivity (Wildman–Crippen MR) is 102 cm³/mol. The molecule has 0 bridgehead atoms. The number of benzene rings is 2. The summed E-state index contributed by atoms with van der Waals surface area (Å²) in [5, 5.41) is 1.89. The second-order valence-corrected chi connectivity index (χ2v) is 7.23. The first-order chi connectivity index (χ1) is 12.2. The lowest BCUT2D eigenvalue weighted by Gasteiger charge is -2.32. The van der Waals surface area contributed by atoms with Gasteiger partial charge in [0.15, 0.2) is 0 Å². The van der Waals surface area contributed by atoms with Gasteiger partial charge in [0.1, 0.15) is 0 Å². The van der Waals surface area contributed by atoms with Gasteiger partial charge < -0.3 is 9.88 Å². The molecule has 0 saturated carbocycles. The fourth-order valence-electron chi connectivity index (χ4n) is 3.69. The number of aromatic nitrogens is 1. The van der Waals surface area contributed by atoms with E-state index in [4.69, 9.17) is 11.6 Å². The molecule has 1 unspecified atom stereocenters. The quantitative estimate of drug-likeness (QED) is 0.724. The number of hydrogen-bond acceptors (Lipinski definition) is 1. The first-order valence-electron chi connectivity index (χ1n) is 8.79. The molecule has 1 N–H and O–H groups in total. The fourth-order valence-corrected chi connectivity index (χ4v) is 3.87. The fraction of sp³-hybridized carbons (Fsp3) is 0.286. The van der Waals surface area contributed by atoms with Gasteiger partial charge in [-0.15, -0.1) is 0 Å². The topological polar surface area (TPSA) is 36.1 Å². The molecule has 4 heteroatoms. The molecule has 4 rings (SSSR count). The maximum absolute atomic E-state index is 12.7. The van der Waals surface area contributed by atoms with Gasteiger partial charge in [-0.05, 0) is 42.7 Å². The highest BCUT2D eigenvalue weighted by Crippen LogP contribution is 2.30. The monoisotopic (exact) mass is 352 g/mol. The third-order valence-corrected chi connectivity index (χ3v) is 5.25. The molecule has 25 heavy (non-hydrogen) atoms. The molecule has 3 nitrogen and oxygen atoms in total. The Balaban J connectivity index is 1.49. The van der Waals surface area contributed by atoms with Crippen LogP contribution < -0.4 is 0 Å². The second-order valence-electron chi connectivity index (χ2n) is 6.80. The van der Waals surface area contributed by atoms with Gasteiger partial charge >= 0.3 is 0 Å². The Bertz CT molecular complexity index is 887. The number of rotatable bonds is 3. The lowest BCUT2D eigenvalue weighted by atomic mass is 9.94. The van der Waals surface area contributed by atoms with Crippen molar-refractivity contribution in [3.8, 4) is 0 Å². The summed E-state index contributed by atoms with van der Waals surface area (Å²) in [5.74, 6) is 0.578. The highest BCUT2D eigenvalue weighted by Gasteiger charge is 2.25. The highest BCUT2D eigenvalue weighted by molar-refractivity contribution is 6.31. The van der Waals surface area contributed by atoms with E-state index in [1.807, 2.05) is 53.4 Å². The van der Waals surface area contributed by atoms with Crippen molar-refractivity contribution < 1.29 is 4.79 Å². The number of fused-ring (bicyclic) bond motifs is 1. The summed E-state index contributed by atoms with van der Waals surface area (Å²) in [6.07, 6.45) is 2.63. The van der Waals surface area contributed by atoms with E-state index in [1.165, 1.54) is 5.69 Å². The number of hydrogen-bond donors (Lipinski definition) is 1. The average Bonchev–Trinajstić information content (AvgIpc) is 3.06. The second kappa shape index (κ2) is 6.93. The molecule has 0 spiro atoms. The first-order valence-corrected chi connectivity index (χ1v) is 9.17. The van der Waals surface area contributed by atoms with Crippen molar-refractivity contribution in [1.29, 1.82) is 0 Å². The molecule has 2 aromatic carbocycles. The largest absolute Gasteiger partial charge is 0.358 e. The summed E-state index contributed by atoms with van der Waals surface area (Å²) >= 11 is 6.09. The molecule has 1 aromatic heterocycles. The summed E-state index contributed by atoms with van der Waals surface area (Å²) in [6, 6.07) is 18.1. The van der Waals surface area contributed by atoms with Crippen molar-refractivity contribution >= 4 is 28.4 Å². The zero-order valence-electron chi connectivity index (χ0n) is 14.0. The van der Waals surface area contributed by atoms with E-state index >= 15 is 0 Å². The number of carbonyl (C=O) groups is 1.